The van der Waals surface area contributed by atoms with E-state index in [1.54, 1.807) is 0 Å². The van der Waals surface area contributed by atoms with Gasteiger partial charge in [0.15, 0.2) is 0 Å². The number of benzene rings is 1. The fraction of sp³-hybridized carbons (Fsp3) is 0.375. The van der Waals surface area contributed by atoms with Crippen molar-refractivity contribution < 1.29 is 4.42 Å². The minimum Gasteiger partial charge on any atom is -0.469 e. The summed E-state index contributed by atoms with van der Waals surface area (Å²) in [5, 5.41) is 3.34. The van der Waals surface area contributed by atoms with Gasteiger partial charge in [-0.2, -0.15) is 0 Å². The van der Waals surface area contributed by atoms with E-state index in [9.17, 15) is 0 Å². The van der Waals surface area contributed by atoms with Gasteiger partial charge in [0.1, 0.15) is 5.76 Å². The van der Waals surface area contributed by atoms with Crippen molar-refractivity contribution in [2.24, 2.45) is 0 Å². The van der Waals surface area contributed by atoms with E-state index in [0.717, 1.165) is 12.2 Å². The summed E-state index contributed by atoms with van der Waals surface area (Å²) < 4.78 is 5.39. The normalized spacial score (nSPS) is 12.6. The molecule has 2 aromatic rings. The summed E-state index contributed by atoms with van der Waals surface area (Å²) in [6, 6.07) is 11.1. The predicted molar refractivity (Wildman–Crippen MR) is 74.8 cm³/mol. The molecule has 0 saturated heterocycles. The third-order valence-electron chi connectivity index (χ3n) is 3.22. The Morgan fingerprint density at radius 3 is 2.39 bits per heavy atom. The van der Waals surface area contributed by atoms with Crippen molar-refractivity contribution in [3.05, 3.63) is 59.0 Å². The fourth-order valence-corrected chi connectivity index (χ4v) is 2.31. The summed E-state index contributed by atoms with van der Waals surface area (Å²) in [6.07, 6.45) is 4.17. The van der Waals surface area contributed by atoms with Gasteiger partial charge in [-0.3, -0.25) is 0 Å². The van der Waals surface area contributed by atoms with Gasteiger partial charge in [0.05, 0.1) is 12.3 Å². The summed E-state index contributed by atoms with van der Waals surface area (Å²) in [5.41, 5.74) is 3.86. The van der Waals surface area contributed by atoms with Crippen molar-refractivity contribution in [3.8, 4) is 0 Å². The van der Waals surface area contributed by atoms with Gasteiger partial charge in [-0.05, 0) is 37.6 Å². The van der Waals surface area contributed by atoms with E-state index in [1.807, 2.05) is 20.2 Å². The maximum absolute atomic E-state index is 5.39. The summed E-state index contributed by atoms with van der Waals surface area (Å²) in [4.78, 5) is 0. The molecule has 0 spiro atoms. The first-order chi connectivity index (χ1) is 8.74. The van der Waals surface area contributed by atoms with Crippen LogP contribution in [0.4, 0.5) is 0 Å². The lowest BCUT2D eigenvalue weighted by Gasteiger charge is -2.15. The molecular weight excluding hydrogens is 222 g/mol. The van der Waals surface area contributed by atoms with Crippen LogP contribution in [0, 0.1) is 6.92 Å². The molecule has 0 bridgehead atoms. The minimum atomic E-state index is 0.207. The van der Waals surface area contributed by atoms with Gasteiger partial charge in [-0.1, -0.05) is 37.6 Å². The summed E-state index contributed by atoms with van der Waals surface area (Å²) in [6.45, 7) is 4.18. The van der Waals surface area contributed by atoms with Crippen molar-refractivity contribution in [1.29, 1.82) is 0 Å². The Kier molecular flexibility index (Phi) is 4.21. The molecule has 0 saturated carbocycles. The zero-order valence-corrected chi connectivity index (χ0v) is 11.4. The smallest absolute Gasteiger partial charge is 0.101 e. The van der Waals surface area contributed by atoms with Crippen molar-refractivity contribution in [2.45, 2.75) is 32.7 Å². The number of rotatable bonds is 5. The van der Waals surface area contributed by atoms with Crippen LogP contribution >= 0.6 is 0 Å². The molecule has 1 heterocycles. The zero-order valence-electron chi connectivity index (χ0n) is 11.4. The van der Waals surface area contributed by atoms with Crippen LogP contribution < -0.4 is 5.32 Å². The standard InChI is InChI=1S/C16H21NO/c1-4-5-13-6-8-14(9-7-13)16(17-3)15-10-12(2)18-11-15/h6-11,16-17H,4-5H2,1-3H3. The summed E-state index contributed by atoms with van der Waals surface area (Å²) in [7, 11) is 1.98. The van der Waals surface area contributed by atoms with Gasteiger partial charge in [0, 0.05) is 5.56 Å². The molecule has 2 heteroatoms. The molecule has 0 aliphatic heterocycles. The van der Waals surface area contributed by atoms with Crippen LogP contribution in [0.1, 0.15) is 41.8 Å². The summed E-state index contributed by atoms with van der Waals surface area (Å²) >= 11 is 0. The molecule has 96 valence electrons. The molecule has 0 aliphatic rings. The molecule has 1 aromatic carbocycles. The molecular formula is C16H21NO. The molecule has 0 amide bonds. The van der Waals surface area contributed by atoms with Gasteiger partial charge < -0.3 is 9.73 Å². The van der Waals surface area contributed by atoms with Crippen LogP contribution in [0.3, 0.4) is 0 Å². The minimum absolute atomic E-state index is 0.207. The number of aryl methyl sites for hydroxylation is 2. The molecule has 18 heavy (non-hydrogen) atoms. The van der Waals surface area contributed by atoms with Crippen LogP contribution in [-0.2, 0) is 6.42 Å². The zero-order chi connectivity index (χ0) is 13.0. The van der Waals surface area contributed by atoms with Gasteiger partial charge >= 0.3 is 0 Å². The van der Waals surface area contributed by atoms with E-state index in [1.165, 1.54) is 23.1 Å². The van der Waals surface area contributed by atoms with E-state index in [4.69, 9.17) is 4.42 Å². The van der Waals surface area contributed by atoms with Crippen molar-refractivity contribution >= 4 is 0 Å². The van der Waals surface area contributed by atoms with Crippen molar-refractivity contribution in [3.63, 3.8) is 0 Å². The predicted octanol–water partition coefficient (Wildman–Crippen LogP) is 3.85. The quantitative estimate of drug-likeness (QED) is 0.863. The van der Waals surface area contributed by atoms with Crippen LogP contribution in [0.2, 0.25) is 0 Å². The van der Waals surface area contributed by atoms with Gasteiger partial charge in [-0.15, -0.1) is 0 Å². The molecule has 2 nitrogen and oxygen atoms in total. The lowest BCUT2D eigenvalue weighted by atomic mass is 9.99. The number of furan rings is 1. The van der Waals surface area contributed by atoms with E-state index in [0.29, 0.717) is 0 Å². The molecule has 1 aromatic heterocycles. The maximum Gasteiger partial charge on any atom is 0.101 e. The van der Waals surface area contributed by atoms with Crippen LogP contribution in [0.25, 0.3) is 0 Å². The molecule has 0 aliphatic carbocycles. The third kappa shape index (κ3) is 2.82. The number of hydrogen-bond donors (Lipinski definition) is 1. The Morgan fingerprint density at radius 2 is 1.89 bits per heavy atom. The SMILES string of the molecule is CCCc1ccc(C(NC)c2coc(C)c2)cc1. The molecule has 0 radical (unpaired) electrons. The Hall–Kier alpha value is -1.54. The van der Waals surface area contributed by atoms with E-state index in [-0.39, 0.29) is 6.04 Å². The highest BCUT2D eigenvalue weighted by atomic mass is 16.3. The highest BCUT2D eigenvalue weighted by molar-refractivity contribution is 5.32. The van der Waals surface area contributed by atoms with E-state index < -0.39 is 0 Å². The third-order valence-corrected chi connectivity index (χ3v) is 3.22. The van der Waals surface area contributed by atoms with Crippen LogP contribution in [-0.4, -0.2) is 7.05 Å². The Labute approximate surface area is 109 Å². The van der Waals surface area contributed by atoms with Crippen molar-refractivity contribution in [1.82, 2.24) is 5.32 Å². The second-order valence-electron chi connectivity index (χ2n) is 4.70. The Balaban J connectivity index is 2.22. The van der Waals surface area contributed by atoms with E-state index >= 15 is 0 Å². The number of hydrogen-bond acceptors (Lipinski definition) is 2. The molecule has 1 N–H and O–H groups in total. The molecule has 1 atom stereocenters. The maximum atomic E-state index is 5.39. The lowest BCUT2D eigenvalue weighted by Crippen LogP contribution is -2.16. The fourth-order valence-electron chi connectivity index (χ4n) is 2.31. The van der Waals surface area contributed by atoms with Crippen LogP contribution in [0.15, 0.2) is 41.0 Å². The Morgan fingerprint density at radius 1 is 1.17 bits per heavy atom. The second kappa shape index (κ2) is 5.87. The monoisotopic (exact) mass is 243 g/mol. The molecule has 1 unspecified atom stereocenters. The van der Waals surface area contributed by atoms with E-state index in [2.05, 4.69) is 42.6 Å². The molecule has 0 fully saturated rings. The molecule has 2 rings (SSSR count). The highest BCUT2D eigenvalue weighted by Crippen LogP contribution is 2.24. The van der Waals surface area contributed by atoms with Gasteiger partial charge in [-0.25, -0.2) is 0 Å². The lowest BCUT2D eigenvalue weighted by molar-refractivity contribution is 0.528. The summed E-state index contributed by atoms with van der Waals surface area (Å²) in [5.74, 6) is 0.952. The van der Waals surface area contributed by atoms with Gasteiger partial charge in [0.25, 0.3) is 0 Å². The van der Waals surface area contributed by atoms with Crippen LogP contribution in [0.5, 0.6) is 0 Å². The topological polar surface area (TPSA) is 25.2 Å². The average Bonchev–Trinajstić information content (AvgIpc) is 2.79. The first-order valence-electron chi connectivity index (χ1n) is 6.55. The second-order valence-corrected chi connectivity index (χ2v) is 4.70. The first kappa shape index (κ1) is 12.9. The average molecular weight is 243 g/mol. The van der Waals surface area contributed by atoms with Gasteiger partial charge in [0.2, 0.25) is 0 Å². The largest absolute Gasteiger partial charge is 0.469 e. The Bertz CT molecular complexity index is 484. The van der Waals surface area contributed by atoms with Crippen molar-refractivity contribution in [2.75, 3.05) is 7.05 Å². The number of nitrogens with one attached hydrogen (secondary N) is 1. The highest BCUT2D eigenvalue weighted by Gasteiger charge is 2.13. The first-order valence-corrected chi connectivity index (χ1v) is 6.55.